The summed E-state index contributed by atoms with van der Waals surface area (Å²) in [7, 11) is 1.47. The van der Waals surface area contributed by atoms with Gasteiger partial charge in [-0.25, -0.2) is 4.57 Å². The predicted molar refractivity (Wildman–Crippen MR) is 399 cm³/mol. The number of ether oxygens (including phenoxy) is 2. The Hall–Kier alpha value is -2.81. The second-order valence-corrected chi connectivity index (χ2v) is 29.2. The Balaban J connectivity index is 3.95. The highest BCUT2D eigenvalue weighted by molar-refractivity contribution is 7.47. The molecule has 0 aliphatic rings. The van der Waals surface area contributed by atoms with Crippen LogP contribution in [0.25, 0.3) is 0 Å². The predicted octanol–water partition coefficient (Wildman–Crippen LogP) is 26.1. The van der Waals surface area contributed by atoms with Gasteiger partial charge in [0, 0.05) is 12.8 Å². The van der Waals surface area contributed by atoms with Crippen LogP contribution in [0.4, 0.5) is 0 Å². The lowest BCUT2D eigenvalue weighted by Gasteiger charge is -2.24. The summed E-state index contributed by atoms with van der Waals surface area (Å²) in [6.45, 7) is 4.36. The van der Waals surface area contributed by atoms with Crippen LogP contribution in [0.2, 0.25) is 0 Å². The third-order valence-electron chi connectivity index (χ3n) is 17.4. The number of phosphoric acid groups is 1. The number of hydrogen-bond acceptors (Lipinski definition) is 7. The molecule has 536 valence electrons. The van der Waals surface area contributed by atoms with Gasteiger partial charge in [-0.1, -0.05) is 375 Å². The Morgan fingerprint density at radius 2 is 0.620 bits per heavy atom. The van der Waals surface area contributed by atoms with Crippen molar-refractivity contribution in [2.75, 3.05) is 47.5 Å². The molecule has 0 aromatic heterocycles. The molecule has 2 atom stereocenters. The van der Waals surface area contributed by atoms with E-state index in [1.54, 1.807) is 0 Å². The van der Waals surface area contributed by atoms with Crippen LogP contribution in [0.3, 0.4) is 0 Å². The zero-order valence-corrected chi connectivity index (χ0v) is 62.2. The van der Waals surface area contributed by atoms with Gasteiger partial charge in [-0.2, -0.15) is 0 Å². The van der Waals surface area contributed by atoms with Crippen LogP contribution in [0, 0.1) is 0 Å². The molecule has 0 radical (unpaired) electrons. The van der Waals surface area contributed by atoms with Gasteiger partial charge in [0.05, 0.1) is 27.7 Å². The van der Waals surface area contributed by atoms with E-state index in [0.717, 1.165) is 89.9 Å². The van der Waals surface area contributed by atoms with Crippen molar-refractivity contribution >= 4 is 19.8 Å². The Morgan fingerprint density at radius 1 is 0.348 bits per heavy atom. The number of unbranched alkanes of at least 4 members (excludes halogenated alkanes) is 45. The van der Waals surface area contributed by atoms with Crippen molar-refractivity contribution in [3.8, 4) is 0 Å². The van der Waals surface area contributed by atoms with Crippen LogP contribution >= 0.6 is 7.82 Å². The van der Waals surface area contributed by atoms with Crippen LogP contribution in [-0.4, -0.2) is 74.9 Å². The van der Waals surface area contributed by atoms with Crippen molar-refractivity contribution in [2.24, 2.45) is 0 Å². The average molecular weight is 1310 g/mol. The number of quaternary nitrogens is 1. The van der Waals surface area contributed by atoms with E-state index in [1.165, 1.54) is 250 Å². The molecule has 0 saturated carbocycles. The molecule has 0 aromatic rings. The van der Waals surface area contributed by atoms with Gasteiger partial charge in [0.1, 0.15) is 19.8 Å². The van der Waals surface area contributed by atoms with Gasteiger partial charge in [0.25, 0.3) is 0 Å². The maximum atomic E-state index is 12.9. The lowest BCUT2D eigenvalue weighted by Crippen LogP contribution is -2.37. The zero-order chi connectivity index (χ0) is 66.9. The van der Waals surface area contributed by atoms with E-state index in [2.05, 4.69) is 98.9 Å². The van der Waals surface area contributed by atoms with Crippen LogP contribution < -0.4 is 0 Å². The van der Waals surface area contributed by atoms with Crippen LogP contribution in [-0.2, 0) is 32.7 Å². The maximum absolute atomic E-state index is 12.9. The quantitative estimate of drug-likeness (QED) is 0.0211. The first-order valence-corrected chi connectivity index (χ1v) is 40.8. The number of carbonyl (C=O) groups is 2. The Morgan fingerprint density at radius 3 is 0.924 bits per heavy atom. The molecule has 0 saturated heterocycles. The summed E-state index contributed by atoms with van der Waals surface area (Å²) in [4.78, 5) is 35.9. The standard InChI is InChI=1S/C82H150NO8P/c1-6-8-10-12-14-16-18-20-22-24-26-28-30-32-34-36-37-38-39-40-41-42-43-44-45-47-48-50-52-54-56-58-60-62-64-66-68-70-72-74-81(84)88-78-80(79-90-92(86,87)89-77-76-83(3,4)5)91-82(85)75-73-71-69-67-65-63-61-59-57-55-53-51-49-46-35-33-31-29-27-25-23-21-19-17-15-13-11-9-7-2/h9,11,15,17,21,23,27,29,33,35,49,51,55,57,80H,6-8,10,12-14,16,18-20,22,24-26,28,30-32,34,36-48,50,52-54,56,58-79H2,1-5H3/p+1/b11-9-,17-15-,23-21-,29-27-,35-33-,51-49-,57-55-. The molecule has 10 heteroatoms. The number of carbonyl (C=O) groups excluding carboxylic acids is 2. The molecule has 1 N–H and O–H groups in total. The summed E-state index contributed by atoms with van der Waals surface area (Å²) in [5, 5.41) is 0. The minimum atomic E-state index is -4.40. The SMILES string of the molecule is CC/C=C\C/C=C\C/C=C\C/C=C\C/C=C\C/C=C\C/C=C\CCCCCCCCCC(=O)OC(COC(=O)CCCCCCCCCCCCCCCCCCCCCCCCCCCCCCCCCCCCCCCCC)COP(=O)(O)OCC[N+](C)(C)C. The number of allylic oxidation sites excluding steroid dienone is 14. The molecule has 0 aromatic carbocycles. The molecule has 0 rings (SSSR count). The van der Waals surface area contributed by atoms with Gasteiger partial charge in [-0.15, -0.1) is 0 Å². The lowest BCUT2D eigenvalue weighted by molar-refractivity contribution is -0.870. The second-order valence-electron chi connectivity index (χ2n) is 27.7. The summed E-state index contributed by atoms with van der Waals surface area (Å²) >= 11 is 0. The third kappa shape index (κ3) is 76.2. The number of nitrogens with zero attached hydrogens (tertiary/aromatic N) is 1. The monoisotopic (exact) mass is 1310 g/mol. The highest BCUT2D eigenvalue weighted by Gasteiger charge is 2.27. The fourth-order valence-corrected chi connectivity index (χ4v) is 12.2. The van der Waals surface area contributed by atoms with E-state index in [9.17, 15) is 19.0 Å². The van der Waals surface area contributed by atoms with Gasteiger partial charge in [-0.3, -0.25) is 18.6 Å². The van der Waals surface area contributed by atoms with Crippen molar-refractivity contribution < 1.29 is 42.1 Å². The van der Waals surface area contributed by atoms with Crippen molar-refractivity contribution in [3.05, 3.63) is 85.1 Å². The molecule has 0 aliphatic carbocycles. The first-order valence-electron chi connectivity index (χ1n) is 39.3. The molecular weight excluding hydrogens is 1160 g/mol. The first kappa shape index (κ1) is 89.2. The largest absolute Gasteiger partial charge is 0.472 e. The van der Waals surface area contributed by atoms with Gasteiger partial charge in [0.2, 0.25) is 0 Å². The molecule has 0 aliphatic heterocycles. The summed E-state index contributed by atoms with van der Waals surface area (Å²) < 4.78 is 34.8. The number of phosphoric ester groups is 1. The molecule has 9 nitrogen and oxygen atoms in total. The molecule has 2 unspecified atom stereocenters. The molecule has 92 heavy (non-hydrogen) atoms. The maximum Gasteiger partial charge on any atom is 0.472 e. The normalized spacial score (nSPS) is 13.5. The molecular formula is C82H151NO8P+. The van der Waals surface area contributed by atoms with E-state index in [1.807, 2.05) is 21.1 Å². The summed E-state index contributed by atoms with van der Waals surface area (Å²) in [5.41, 5.74) is 0. The molecule has 0 fully saturated rings. The minimum absolute atomic E-state index is 0.0271. The van der Waals surface area contributed by atoms with Crippen LogP contribution in [0.1, 0.15) is 373 Å². The molecule has 0 amide bonds. The smallest absolute Gasteiger partial charge is 0.462 e. The number of rotatable bonds is 73. The van der Waals surface area contributed by atoms with E-state index in [-0.39, 0.29) is 32.0 Å². The van der Waals surface area contributed by atoms with Crippen molar-refractivity contribution in [1.82, 2.24) is 0 Å². The topological polar surface area (TPSA) is 108 Å². The summed E-state index contributed by atoms with van der Waals surface area (Å²) in [6.07, 6.45) is 100. The fourth-order valence-electron chi connectivity index (χ4n) is 11.5. The van der Waals surface area contributed by atoms with Crippen LogP contribution in [0.5, 0.6) is 0 Å². The van der Waals surface area contributed by atoms with Crippen LogP contribution in [0.15, 0.2) is 85.1 Å². The molecule has 0 spiro atoms. The van der Waals surface area contributed by atoms with Crippen molar-refractivity contribution in [2.45, 2.75) is 380 Å². The van der Waals surface area contributed by atoms with Gasteiger partial charge >= 0.3 is 19.8 Å². The molecule has 0 bridgehead atoms. The van der Waals surface area contributed by atoms with E-state index in [4.69, 9.17) is 18.5 Å². The molecule has 0 heterocycles. The average Bonchev–Trinajstić information content (AvgIpc) is 2.14. The van der Waals surface area contributed by atoms with Gasteiger partial charge in [0.15, 0.2) is 6.10 Å². The van der Waals surface area contributed by atoms with E-state index in [0.29, 0.717) is 17.4 Å². The zero-order valence-electron chi connectivity index (χ0n) is 61.3. The van der Waals surface area contributed by atoms with Gasteiger partial charge < -0.3 is 18.9 Å². The minimum Gasteiger partial charge on any atom is -0.462 e. The Labute approximate surface area is 571 Å². The fraction of sp³-hybridized carbons (Fsp3) is 0.805. The highest BCUT2D eigenvalue weighted by atomic mass is 31.2. The lowest BCUT2D eigenvalue weighted by atomic mass is 10.0. The first-order chi connectivity index (χ1) is 45.0. The van der Waals surface area contributed by atoms with E-state index < -0.39 is 26.5 Å². The summed E-state index contributed by atoms with van der Waals surface area (Å²) in [5.74, 6) is -0.799. The van der Waals surface area contributed by atoms with E-state index >= 15 is 0 Å². The highest BCUT2D eigenvalue weighted by Crippen LogP contribution is 2.43. The van der Waals surface area contributed by atoms with Gasteiger partial charge in [-0.05, 0) is 70.6 Å². The number of hydrogen-bond donors (Lipinski definition) is 1. The Bertz CT molecular complexity index is 1830. The number of likely N-dealkylation sites (N-methyl/N-ethyl adjacent to an activating group) is 1. The Kier molecular flexibility index (Phi) is 70.2. The summed E-state index contributed by atoms with van der Waals surface area (Å²) in [6, 6.07) is 0. The second kappa shape index (κ2) is 72.5. The number of esters is 2. The van der Waals surface area contributed by atoms with Crippen molar-refractivity contribution in [3.63, 3.8) is 0 Å². The van der Waals surface area contributed by atoms with Crippen molar-refractivity contribution in [1.29, 1.82) is 0 Å². The third-order valence-corrected chi connectivity index (χ3v) is 18.4.